The molecule has 1 aromatic heterocycles. The molecule has 1 unspecified atom stereocenters. The summed E-state index contributed by atoms with van der Waals surface area (Å²) in [5, 5.41) is 3.54. The van der Waals surface area contributed by atoms with E-state index >= 15 is 0 Å². The van der Waals surface area contributed by atoms with Crippen LogP contribution in [0.25, 0.3) is 0 Å². The minimum Gasteiger partial charge on any atom is -0.356 e. The van der Waals surface area contributed by atoms with Crippen molar-refractivity contribution < 1.29 is 0 Å². The van der Waals surface area contributed by atoms with Crippen LogP contribution in [0, 0.1) is 5.41 Å². The van der Waals surface area contributed by atoms with E-state index < -0.39 is 0 Å². The van der Waals surface area contributed by atoms with Gasteiger partial charge < -0.3 is 10.2 Å². The smallest absolute Gasteiger partial charge is 0.133 e. The van der Waals surface area contributed by atoms with Crippen molar-refractivity contribution >= 4 is 5.82 Å². The minimum atomic E-state index is 0.112. The Hall–Kier alpha value is -1.09. The van der Waals surface area contributed by atoms with E-state index in [4.69, 9.17) is 0 Å². The van der Waals surface area contributed by atoms with Crippen LogP contribution in [0.4, 0.5) is 5.82 Å². The Morgan fingerprint density at radius 2 is 1.80 bits per heavy atom. The van der Waals surface area contributed by atoms with Crippen molar-refractivity contribution in [2.45, 2.75) is 66.6 Å². The van der Waals surface area contributed by atoms with E-state index in [0.717, 1.165) is 12.4 Å². The maximum Gasteiger partial charge on any atom is 0.133 e. The van der Waals surface area contributed by atoms with Crippen molar-refractivity contribution in [3.63, 3.8) is 0 Å². The highest BCUT2D eigenvalue weighted by Crippen LogP contribution is 2.28. The van der Waals surface area contributed by atoms with E-state index in [0.29, 0.717) is 6.04 Å². The summed E-state index contributed by atoms with van der Waals surface area (Å²) in [5.41, 5.74) is 1.59. The van der Waals surface area contributed by atoms with Gasteiger partial charge in [0, 0.05) is 36.9 Å². The molecule has 0 aliphatic heterocycles. The van der Waals surface area contributed by atoms with E-state index in [1.807, 2.05) is 12.3 Å². The quantitative estimate of drug-likeness (QED) is 0.906. The predicted molar refractivity (Wildman–Crippen MR) is 88.1 cm³/mol. The first-order valence-corrected chi connectivity index (χ1v) is 7.44. The first-order chi connectivity index (χ1) is 9.02. The summed E-state index contributed by atoms with van der Waals surface area (Å²) in [6.07, 6.45) is 1.88. The fourth-order valence-corrected chi connectivity index (χ4v) is 2.01. The number of aromatic nitrogens is 1. The van der Waals surface area contributed by atoms with Crippen molar-refractivity contribution in [3.8, 4) is 0 Å². The summed E-state index contributed by atoms with van der Waals surface area (Å²) in [7, 11) is 2.14. The minimum absolute atomic E-state index is 0.112. The van der Waals surface area contributed by atoms with Crippen LogP contribution in [0.1, 0.15) is 54.0 Å². The number of nitrogens with zero attached hydrogens (tertiary/aromatic N) is 2. The van der Waals surface area contributed by atoms with Gasteiger partial charge in [0.2, 0.25) is 0 Å². The Kier molecular flexibility index (Phi) is 5.20. The molecule has 20 heavy (non-hydrogen) atoms. The van der Waals surface area contributed by atoms with Gasteiger partial charge in [0.25, 0.3) is 0 Å². The van der Waals surface area contributed by atoms with E-state index in [1.165, 1.54) is 5.56 Å². The van der Waals surface area contributed by atoms with Gasteiger partial charge in [0.15, 0.2) is 0 Å². The Balaban J connectivity index is 2.95. The SMILES string of the molecule is CC(N(C)c1ncccc1CNC(C)(C)C)C(C)(C)C. The molecule has 0 radical (unpaired) electrons. The summed E-state index contributed by atoms with van der Waals surface area (Å²) in [6.45, 7) is 16.5. The molecule has 1 heterocycles. The maximum atomic E-state index is 4.60. The van der Waals surface area contributed by atoms with Gasteiger partial charge in [0.05, 0.1) is 0 Å². The van der Waals surface area contributed by atoms with Crippen LogP contribution in [0.15, 0.2) is 18.3 Å². The number of hydrogen-bond acceptors (Lipinski definition) is 3. The Labute approximate surface area is 124 Å². The lowest BCUT2D eigenvalue weighted by molar-refractivity contribution is 0.328. The summed E-state index contributed by atoms with van der Waals surface area (Å²) in [4.78, 5) is 6.89. The van der Waals surface area contributed by atoms with Gasteiger partial charge in [-0.05, 0) is 39.2 Å². The van der Waals surface area contributed by atoms with Crippen LogP contribution in [-0.2, 0) is 6.54 Å². The van der Waals surface area contributed by atoms with Crippen LogP contribution >= 0.6 is 0 Å². The molecule has 0 saturated carbocycles. The molecule has 0 bridgehead atoms. The third-order valence-electron chi connectivity index (χ3n) is 3.85. The van der Waals surface area contributed by atoms with Crippen molar-refractivity contribution in [3.05, 3.63) is 23.9 Å². The lowest BCUT2D eigenvalue weighted by atomic mass is 9.87. The fourth-order valence-electron chi connectivity index (χ4n) is 2.01. The van der Waals surface area contributed by atoms with Crippen LogP contribution in [0.3, 0.4) is 0 Å². The summed E-state index contributed by atoms with van der Waals surface area (Å²) < 4.78 is 0. The highest BCUT2D eigenvalue weighted by atomic mass is 15.2. The second-order valence-corrected chi connectivity index (χ2v) is 7.74. The Bertz CT molecular complexity index is 427. The van der Waals surface area contributed by atoms with Crippen LogP contribution in [0.2, 0.25) is 0 Å². The molecule has 0 saturated heterocycles. The van der Waals surface area contributed by atoms with Crippen molar-refractivity contribution in [2.24, 2.45) is 5.41 Å². The van der Waals surface area contributed by atoms with E-state index in [1.54, 1.807) is 0 Å². The predicted octanol–water partition coefficient (Wildman–Crippen LogP) is 3.84. The monoisotopic (exact) mass is 277 g/mol. The molecule has 0 aliphatic rings. The van der Waals surface area contributed by atoms with E-state index in [9.17, 15) is 0 Å². The third kappa shape index (κ3) is 4.78. The topological polar surface area (TPSA) is 28.2 Å². The van der Waals surface area contributed by atoms with Gasteiger partial charge >= 0.3 is 0 Å². The average Bonchev–Trinajstić information content (AvgIpc) is 2.33. The second-order valence-electron chi connectivity index (χ2n) is 7.74. The Morgan fingerprint density at radius 1 is 1.20 bits per heavy atom. The zero-order chi connectivity index (χ0) is 15.6. The molecule has 1 atom stereocenters. The largest absolute Gasteiger partial charge is 0.356 e. The molecule has 0 aromatic carbocycles. The van der Waals surface area contributed by atoms with Crippen molar-refractivity contribution in [1.82, 2.24) is 10.3 Å². The molecule has 1 aromatic rings. The van der Waals surface area contributed by atoms with Gasteiger partial charge in [-0.25, -0.2) is 4.98 Å². The molecule has 114 valence electrons. The molecule has 1 N–H and O–H groups in total. The molecular formula is C17H31N3. The lowest BCUT2D eigenvalue weighted by Gasteiger charge is -2.37. The highest BCUT2D eigenvalue weighted by Gasteiger charge is 2.26. The number of anilines is 1. The molecule has 0 spiro atoms. The molecule has 0 aliphatic carbocycles. The zero-order valence-electron chi connectivity index (χ0n) is 14.4. The highest BCUT2D eigenvalue weighted by molar-refractivity contribution is 5.47. The van der Waals surface area contributed by atoms with Crippen LogP contribution in [0.5, 0.6) is 0 Å². The van der Waals surface area contributed by atoms with Crippen molar-refractivity contribution in [1.29, 1.82) is 0 Å². The van der Waals surface area contributed by atoms with Gasteiger partial charge in [-0.1, -0.05) is 26.8 Å². The Morgan fingerprint density at radius 3 is 2.30 bits per heavy atom. The molecule has 1 rings (SSSR count). The standard InChI is InChI=1S/C17H31N3/c1-13(16(2,3)4)20(8)15-14(10-9-11-18-15)12-19-17(5,6)7/h9-11,13,19H,12H2,1-8H3. The summed E-state index contributed by atoms with van der Waals surface area (Å²) in [6, 6.07) is 4.59. The molecule has 3 heteroatoms. The lowest BCUT2D eigenvalue weighted by Crippen LogP contribution is -2.41. The normalized spacial score (nSPS) is 14.2. The molecule has 0 amide bonds. The first kappa shape index (κ1) is 17.0. The number of hydrogen-bond donors (Lipinski definition) is 1. The summed E-state index contributed by atoms with van der Waals surface area (Å²) in [5.74, 6) is 1.08. The average molecular weight is 277 g/mol. The number of nitrogens with one attached hydrogen (secondary N) is 1. The first-order valence-electron chi connectivity index (χ1n) is 7.44. The molecular weight excluding hydrogens is 246 g/mol. The van der Waals surface area contributed by atoms with Gasteiger partial charge in [-0.2, -0.15) is 0 Å². The number of rotatable bonds is 4. The van der Waals surface area contributed by atoms with E-state index in [-0.39, 0.29) is 11.0 Å². The zero-order valence-corrected chi connectivity index (χ0v) is 14.4. The van der Waals surface area contributed by atoms with Crippen LogP contribution < -0.4 is 10.2 Å². The third-order valence-corrected chi connectivity index (χ3v) is 3.85. The number of pyridine rings is 1. The van der Waals surface area contributed by atoms with Gasteiger partial charge in [0.1, 0.15) is 5.82 Å². The molecule has 0 fully saturated rings. The molecule has 3 nitrogen and oxygen atoms in total. The van der Waals surface area contributed by atoms with Crippen LogP contribution in [-0.4, -0.2) is 23.6 Å². The second kappa shape index (κ2) is 6.13. The van der Waals surface area contributed by atoms with Crippen molar-refractivity contribution in [2.75, 3.05) is 11.9 Å². The fraction of sp³-hybridized carbons (Fsp3) is 0.706. The maximum absolute atomic E-state index is 4.60. The van der Waals surface area contributed by atoms with Gasteiger partial charge in [-0.15, -0.1) is 0 Å². The summed E-state index contributed by atoms with van der Waals surface area (Å²) >= 11 is 0. The van der Waals surface area contributed by atoms with Gasteiger partial charge in [-0.3, -0.25) is 0 Å². The van der Waals surface area contributed by atoms with E-state index in [2.05, 4.69) is 76.8 Å².